The monoisotopic (exact) mass is 465 g/mol. The predicted molar refractivity (Wildman–Crippen MR) is 130 cm³/mol. The summed E-state index contributed by atoms with van der Waals surface area (Å²) in [5, 5.41) is 8.75. The zero-order valence-corrected chi connectivity index (χ0v) is 19.5. The van der Waals surface area contributed by atoms with Crippen molar-refractivity contribution in [2.75, 3.05) is 10.8 Å². The van der Waals surface area contributed by atoms with Crippen LogP contribution in [0.4, 0.5) is 5.69 Å². The molecule has 0 bridgehead atoms. The van der Waals surface area contributed by atoms with Crippen molar-refractivity contribution in [1.82, 2.24) is 0 Å². The van der Waals surface area contributed by atoms with Gasteiger partial charge < -0.3 is 9.84 Å². The normalized spacial score (nSPS) is 11.5. The smallest absolute Gasteiger partial charge is 0.328 e. The van der Waals surface area contributed by atoms with E-state index in [2.05, 4.69) is 0 Å². The number of ether oxygens (including phenoxy) is 1. The molecule has 0 heterocycles. The predicted octanol–water partition coefficient (Wildman–Crippen LogP) is 5.28. The summed E-state index contributed by atoms with van der Waals surface area (Å²) in [6.07, 6.45) is 3.24. The Labute approximate surface area is 194 Å². The van der Waals surface area contributed by atoms with Crippen LogP contribution in [0.2, 0.25) is 0 Å². The lowest BCUT2D eigenvalue weighted by molar-refractivity contribution is -0.131. The molecule has 0 aliphatic rings. The van der Waals surface area contributed by atoms with E-state index < -0.39 is 16.0 Å². The molecule has 1 N–H and O–H groups in total. The average molecular weight is 466 g/mol. The molecule has 33 heavy (non-hydrogen) atoms. The molecule has 0 amide bonds. The van der Waals surface area contributed by atoms with Crippen molar-refractivity contribution in [2.45, 2.75) is 31.8 Å². The highest BCUT2D eigenvalue weighted by Gasteiger charge is 2.26. The molecule has 0 atom stereocenters. The molecular formula is C26H27NO5S. The first-order valence-electron chi connectivity index (χ1n) is 10.6. The van der Waals surface area contributed by atoms with Crippen LogP contribution in [-0.4, -0.2) is 26.0 Å². The van der Waals surface area contributed by atoms with Gasteiger partial charge in [-0.05, 0) is 60.4 Å². The van der Waals surface area contributed by atoms with Gasteiger partial charge >= 0.3 is 5.97 Å². The van der Waals surface area contributed by atoms with Gasteiger partial charge in [-0.2, -0.15) is 0 Å². The van der Waals surface area contributed by atoms with E-state index in [0.717, 1.165) is 22.8 Å². The number of benzene rings is 3. The van der Waals surface area contributed by atoms with Gasteiger partial charge in [-0.3, -0.25) is 4.31 Å². The molecule has 7 heteroatoms. The second-order valence-corrected chi connectivity index (χ2v) is 9.43. The average Bonchev–Trinajstić information content (AvgIpc) is 2.81. The number of aryl methyl sites for hydroxylation is 1. The van der Waals surface area contributed by atoms with E-state index in [1.807, 2.05) is 38.1 Å². The molecule has 3 aromatic carbocycles. The maximum absolute atomic E-state index is 13.4. The van der Waals surface area contributed by atoms with E-state index in [1.54, 1.807) is 48.5 Å². The number of anilines is 1. The fourth-order valence-corrected chi connectivity index (χ4v) is 4.88. The highest BCUT2D eigenvalue weighted by Crippen LogP contribution is 2.34. The van der Waals surface area contributed by atoms with Crippen LogP contribution in [-0.2, 0) is 21.4 Å². The third kappa shape index (κ3) is 6.23. The Morgan fingerprint density at radius 2 is 1.73 bits per heavy atom. The summed E-state index contributed by atoms with van der Waals surface area (Å²) in [6.45, 7) is 4.42. The summed E-state index contributed by atoms with van der Waals surface area (Å²) in [5.74, 6) is -0.519. The lowest BCUT2D eigenvalue weighted by Crippen LogP contribution is -2.32. The van der Waals surface area contributed by atoms with E-state index in [0.29, 0.717) is 24.4 Å². The zero-order chi connectivity index (χ0) is 23.8. The number of nitrogens with zero attached hydrogens (tertiary/aromatic N) is 1. The van der Waals surface area contributed by atoms with E-state index in [-0.39, 0.29) is 11.5 Å². The van der Waals surface area contributed by atoms with Crippen molar-refractivity contribution in [1.29, 1.82) is 0 Å². The second kappa shape index (κ2) is 10.8. The first-order valence-corrected chi connectivity index (χ1v) is 12.1. The number of sulfonamides is 1. The lowest BCUT2D eigenvalue weighted by Gasteiger charge is -2.26. The van der Waals surface area contributed by atoms with E-state index in [4.69, 9.17) is 9.84 Å². The summed E-state index contributed by atoms with van der Waals surface area (Å²) in [7, 11) is -3.76. The van der Waals surface area contributed by atoms with Crippen molar-refractivity contribution in [3.63, 3.8) is 0 Å². The van der Waals surface area contributed by atoms with Crippen molar-refractivity contribution in [3.05, 3.63) is 95.6 Å². The topological polar surface area (TPSA) is 83.9 Å². The number of hydrogen-bond donors (Lipinski definition) is 1. The molecule has 3 aromatic rings. The molecular weight excluding hydrogens is 438 g/mol. The van der Waals surface area contributed by atoms with Crippen molar-refractivity contribution < 1.29 is 23.1 Å². The van der Waals surface area contributed by atoms with E-state index in [9.17, 15) is 13.2 Å². The van der Waals surface area contributed by atoms with Crippen LogP contribution in [0.1, 0.15) is 30.0 Å². The van der Waals surface area contributed by atoms with Crippen LogP contribution < -0.4 is 9.04 Å². The molecule has 0 aliphatic heterocycles. The van der Waals surface area contributed by atoms with Crippen molar-refractivity contribution in [3.8, 4) is 5.75 Å². The van der Waals surface area contributed by atoms with Crippen LogP contribution in [0.5, 0.6) is 5.75 Å². The van der Waals surface area contributed by atoms with Gasteiger partial charge in [0.25, 0.3) is 10.0 Å². The maximum Gasteiger partial charge on any atom is 0.328 e. The number of aliphatic carboxylic acids is 1. The number of carboxylic acids is 1. The maximum atomic E-state index is 13.4. The molecule has 6 nitrogen and oxygen atoms in total. The Kier molecular flexibility index (Phi) is 7.90. The van der Waals surface area contributed by atoms with E-state index in [1.165, 1.54) is 10.4 Å². The van der Waals surface area contributed by atoms with Crippen LogP contribution in [0.15, 0.2) is 83.8 Å². The minimum absolute atomic E-state index is 0.231. The van der Waals surface area contributed by atoms with Gasteiger partial charge in [-0.25, -0.2) is 13.2 Å². The van der Waals surface area contributed by atoms with Gasteiger partial charge in [0.05, 0.1) is 10.6 Å². The molecule has 0 aliphatic carbocycles. The highest BCUT2D eigenvalue weighted by molar-refractivity contribution is 7.92. The number of rotatable bonds is 10. The van der Waals surface area contributed by atoms with Gasteiger partial charge in [-0.15, -0.1) is 0 Å². The summed E-state index contributed by atoms with van der Waals surface area (Å²) < 4.78 is 34.3. The first-order chi connectivity index (χ1) is 15.8. The molecule has 3 rings (SSSR count). The van der Waals surface area contributed by atoms with Gasteiger partial charge in [0.1, 0.15) is 12.4 Å². The van der Waals surface area contributed by atoms with Crippen molar-refractivity contribution in [2.24, 2.45) is 0 Å². The van der Waals surface area contributed by atoms with Gasteiger partial charge in [0, 0.05) is 12.6 Å². The third-order valence-electron chi connectivity index (χ3n) is 4.93. The largest absolute Gasteiger partial charge is 0.487 e. The van der Waals surface area contributed by atoms with Gasteiger partial charge in [-0.1, -0.05) is 55.5 Å². The fourth-order valence-electron chi connectivity index (χ4n) is 3.29. The first kappa shape index (κ1) is 24.1. The minimum atomic E-state index is -3.76. The molecule has 172 valence electrons. The standard InChI is InChI=1S/C26H27NO5S/c1-3-17-27(33(30,31)23-7-5-4-6-8-23)24-15-9-20(2)18-25(24)32-19-22-12-10-21(11-13-22)14-16-26(28)29/h4-16,18H,3,17,19H2,1-2H3,(H,28,29). The SMILES string of the molecule is CCCN(c1ccc(C)cc1OCc1ccc(C=CC(=O)O)cc1)S(=O)(=O)c1ccccc1. The van der Waals surface area contributed by atoms with Gasteiger partial charge in [0.15, 0.2) is 0 Å². The molecule has 0 aromatic heterocycles. The van der Waals surface area contributed by atoms with Crippen LogP contribution in [0.3, 0.4) is 0 Å². The Balaban J connectivity index is 1.88. The molecule has 0 saturated heterocycles. The molecule has 0 unspecified atom stereocenters. The van der Waals surface area contributed by atoms with Gasteiger partial charge in [0.2, 0.25) is 0 Å². The zero-order valence-electron chi connectivity index (χ0n) is 18.6. The lowest BCUT2D eigenvalue weighted by atomic mass is 10.1. The molecule has 0 fully saturated rings. The molecule has 0 radical (unpaired) electrons. The summed E-state index contributed by atoms with van der Waals surface area (Å²) in [6, 6.07) is 21.2. The Hall–Kier alpha value is -3.58. The Morgan fingerprint density at radius 3 is 2.36 bits per heavy atom. The third-order valence-corrected chi connectivity index (χ3v) is 6.76. The van der Waals surface area contributed by atoms with Crippen LogP contribution in [0, 0.1) is 6.92 Å². The number of carbonyl (C=O) groups is 1. The summed E-state index contributed by atoms with van der Waals surface area (Å²) in [4.78, 5) is 10.9. The second-order valence-electron chi connectivity index (χ2n) is 7.56. The van der Waals surface area contributed by atoms with Crippen LogP contribution >= 0.6 is 0 Å². The van der Waals surface area contributed by atoms with E-state index >= 15 is 0 Å². The summed E-state index contributed by atoms with van der Waals surface area (Å²) >= 11 is 0. The highest BCUT2D eigenvalue weighted by atomic mass is 32.2. The molecule has 0 spiro atoms. The fraction of sp³-hybridized carbons (Fsp3) is 0.192. The quantitative estimate of drug-likeness (QED) is 0.412. The van der Waals surface area contributed by atoms with Crippen LogP contribution in [0.25, 0.3) is 6.08 Å². The van der Waals surface area contributed by atoms with Crippen molar-refractivity contribution >= 4 is 27.8 Å². The number of carboxylic acid groups (broad SMARTS) is 1. The minimum Gasteiger partial charge on any atom is -0.487 e. The number of hydrogen-bond acceptors (Lipinski definition) is 4. The summed E-state index contributed by atoms with van der Waals surface area (Å²) in [5.41, 5.74) is 3.09. The Morgan fingerprint density at radius 1 is 1.03 bits per heavy atom. The molecule has 0 saturated carbocycles. The Bertz CT molecular complexity index is 1220.